The van der Waals surface area contributed by atoms with E-state index in [1.165, 1.54) is 0 Å². The molecule has 1 unspecified atom stereocenters. The highest BCUT2D eigenvalue weighted by Gasteiger charge is 1.96. The first-order valence-electron chi connectivity index (χ1n) is 2.78. The zero-order valence-corrected chi connectivity index (χ0v) is 5.39. The van der Waals surface area contributed by atoms with Crippen molar-refractivity contribution < 1.29 is 9.84 Å². The van der Waals surface area contributed by atoms with Gasteiger partial charge in [0.05, 0.1) is 6.10 Å². The van der Waals surface area contributed by atoms with E-state index in [1.54, 1.807) is 0 Å². The summed E-state index contributed by atoms with van der Waals surface area (Å²) in [7, 11) is 0. The van der Waals surface area contributed by atoms with Crippen molar-refractivity contribution in [3.63, 3.8) is 0 Å². The van der Waals surface area contributed by atoms with Gasteiger partial charge >= 0.3 is 0 Å². The first-order chi connectivity index (χ1) is 3.81. The van der Waals surface area contributed by atoms with Crippen molar-refractivity contribution in [2.45, 2.75) is 26.4 Å². The van der Waals surface area contributed by atoms with E-state index < -0.39 is 6.79 Å². The Hall–Kier alpha value is -0.0800. The van der Waals surface area contributed by atoms with Crippen molar-refractivity contribution in [1.82, 2.24) is 0 Å². The zero-order chi connectivity index (χ0) is 6.41. The summed E-state index contributed by atoms with van der Waals surface area (Å²) in [6.07, 6.45) is 2.94. The van der Waals surface area contributed by atoms with Crippen LogP contribution in [0.25, 0.3) is 0 Å². The second-order valence-electron chi connectivity index (χ2n) is 1.74. The maximum atomic E-state index is 9.78. The van der Waals surface area contributed by atoms with Gasteiger partial charge in [-0.15, -0.1) is 0 Å². The number of ether oxygens (including phenoxy) is 1. The maximum Gasteiger partial charge on any atom is 0.181 e. The minimum atomic E-state index is -0.422. The lowest BCUT2D eigenvalue weighted by Gasteiger charge is -2.06. The van der Waals surface area contributed by atoms with Gasteiger partial charge in [-0.05, 0) is 19.8 Å². The highest BCUT2D eigenvalue weighted by Crippen LogP contribution is 1.97. The molecule has 1 atom stereocenters. The van der Waals surface area contributed by atoms with Crippen molar-refractivity contribution in [3.05, 3.63) is 6.42 Å². The van der Waals surface area contributed by atoms with Crippen LogP contribution in [0.2, 0.25) is 0 Å². The average Bonchev–Trinajstić information content (AvgIpc) is 1.68. The average molecular weight is 116 g/mol. The normalized spacial score (nSPS) is 13.9. The molecule has 0 bridgehead atoms. The quantitative estimate of drug-likeness (QED) is 0.510. The SMILES string of the molecule is C[CH]CC(C)OC[O]. The predicted molar refractivity (Wildman–Crippen MR) is 30.7 cm³/mol. The monoisotopic (exact) mass is 116 g/mol. The summed E-state index contributed by atoms with van der Waals surface area (Å²) in [6, 6.07) is 0. The van der Waals surface area contributed by atoms with Crippen LogP contribution in [0.4, 0.5) is 0 Å². The van der Waals surface area contributed by atoms with Crippen LogP contribution >= 0.6 is 0 Å². The van der Waals surface area contributed by atoms with Gasteiger partial charge in [0.15, 0.2) is 6.79 Å². The molecule has 0 aliphatic carbocycles. The van der Waals surface area contributed by atoms with E-state index in [1.807, 2.05) is 20.3 Å². The number of hydrogen-bond acceptors (Lipinski definition) is 1. The molecule has 0 aliphatic heterocycles. The van der Waals surface area contributed by atoms with E-state index in [2.05, 4.69) is 0 Å². The van der Waals surface area contributed by atoms with Gasteiger partial charge in [-0.2, -0.15) is 0 Å². The van der Waals surface area contributed by atoms with Crippen molar-refractivity contribution in [3.8, 4) is 0 Å². The summed E-state index contributed by atoms with van der Waals surface area (Å²) in [5, 5.41) is 9.78. The van der Waals surface area contributed by atoms with Gasteiger partial charge in [0.25, 0.3) is 0 Å². The van der Waals surface area contributed by atoms with Crippen LogP contribution in [-0.4, -0.2) is 12.9 Å². The Morgan fingerprint density at radius 3 is 2.75 bits per heavy atom. The zero-order valence-electron chi connectivity index (χ0n) is 5.39. The molecule has 0 amide bonds. The Balaban J connectivity index is 2.92. The molecule has 0 rings (SSSR count). The van der Waals surface area contributed by atoms with Crippen LogP contribution in [0.5, 0.6) is 0 Å². The first-order valence-corrected chi connectivity index (χ1v) is 2.78. The Kier molecular flexibility index (Phi) is 5.01. The highest BCUT2D eigenvalue weighted by atomic mass is 16.6. The van der Waals surface area contributed by atoms with Crippen molar-refractivity contribution in [2.24, 2.45) is 0 Å². The van der Waals surface area contributed by atoms with Crippen LogP contribution in [0.3, 0.4) is 0 Å². The van der Waals surface area contributed by atoms with Gasteiger partial charge < -0.3 is 4.74 Å². The van der Waals surface area contributed by atoms with E-state index in [9.17, 15) is 5.11 Å². The second kappa shape index (κ2) is 5.06. The molecule has 0 spiro atoms. The molecule has 0 fully saturated rings. The number of hydrogen-bond donors (Lipinski definition) is 0. The Labute approximate surface area is 50.5 Å². The lowest BCUT2D eigenvalue weighted by atomic mass is 10.2. The predicted octanol–water partition coefficient (Wildman–Crippen LogP) is 1.39. The molecule has 2 heteroatoms. The molecule has 8 heavy (non-hydrogen) atoms. The van der Waals surface area contributed by atoms with Gasteiger partial charge in [-0.1, -0.05) is 6.92 Å². The summed E-state index contributed by atoms with van der Waals surface area (Å²) in [5.74, 6) is 0. The van der Waals surface area contributed by atoms with Gasteiger partial charge in [0.1, 0.15) is 0 Å². The van der Waals surface area contributed by atoms with Crippen molar-refractivity contribution in [2.75, 3.05) is 6.79 Å². The molecular weight excluding hydrogens is 104 g/mol. The van der Waals surface area contributed by atoms with Gasteiger partial charge in [0, 0.05) is 0 Å². The van der Waals surface area contributed by atoms with Crippen LogP contribution < -0.4 is 0 Å². The molecule has 2 nitrogen and oxygen atoms in total. The molecular formula is C6H12O2. The third-order valence-electron chi connectivity index (χ3n) is 0.920. The smallest absolute Gasteiger partial charge is 0.181 e. The van der Waals surface area contributed by atoms with Gasteiger partial charge in [-0.3, -0.25) is 0 Å². The standard InChI is InChI=1S/C6H12O2/c1-3-4-6(2)8-5-7/h3,6H,4-5H2,1-2H3. The fourth-order valence-electron chi connectivity index (χ4n) is 0.516. The Morgan fingerprint density at radius 1 is 1.75 bits per heavy atom. The molecule has 0 aromatic rings. The Bertz CT molecular complexity index is 39.8. The minimum Gasteiger partial charge on any atom is -0.349 e. The Morgan fingerprint density at radius 2 is 2.38 bits per heavy atom. The molecule has 0 aromatic carbocycles. The van der Waals surface area contributed by atoms with Gasteiger partial charge in [-0.25, -0.2) is 5.11 Å². The van der Waals surface area contributed by atoms with Crippen molar-refractivity contribution >= 4 is 0 Å². The third-order valence-corrected chi connectivity index (χ3v) is 0.920. The van der Waals surface area contributed by atoms with E-state index in [-0.39, 0.29) is 6.10 Å². The molecule has 2 radical (unpaired) electrons. The maximum absolute atomic E-state index is 9.78. The molecule has 48 valence electrons. The summed E-state index contributed by atoms with van der Waals surface area (Å²) in [4.78, 5) is 0. The minimum absolute atomic E-state index is 0.0949. The molecule has 0 N–H and O–H groups in total. The summed E-state index contributed by atoms with van der Waals surface area (Å²) < 4.78 is 4.70. The fraction of sp³-hybridized carbons (Fsp3) is 0.833. The lowest BCUT2D eigenvalue weighted by Crippen LogP contribution is -2.07. The highest BCUT2D eigenvalue weighted by molar-refractivity contribution is 4.60. The fourth-order valence-corrected chi connectivity index (χ4v) is 0.516. The summed E-state index contributed by atoms with van der Waals surface area (Å²) in [6.45, 7) is 3.41. The van der Waals surface area contributed by atoms with E-state index in [0.29, 0.717) is 0 Å². The third kappa shape index (κ3) is 4.09. The van der Waals surface area contributed by atoms with Crippen LogP contribution in [0, 0.1) is 6.42 Å². The summed E-state index contributed by atoms with van der Waals surface area (Å²) >= 11 is 0. The van der Waals surface area contributed by atoms with Crippen LogP contribution in [0.15, 0.2) is 0 Å². The molecule has 0 saturated carbocycles. The molecule has 0 aromatic heterocycles. The van der Waals surface area contributed by atoms with Crippen molar-refractivity contribution in [1.29, 1.82) is 0 Å². The summed E-state index contributed by atoms with van der Waals surface area (Å²) in [5.41, 5.74) is 0. The van der Waals surface area contributed by atoms with Crippen LogP contribution in [0.1, 0.15) is 20.3 Å². The van der Waals surface area contributed by atoms with E-state index in [4.69, 9.17) is 4.74 Å². The van der Waals surface area contributed by atoms with Crippen LogP contribution in [-0.2, 0) is 9.84 Å². The molecule has 0 saturated heterocycles. The van der Waals surface area contributed by atoms with E-state index >= 15 is 0 Å². The first kappa shape index (κ1) is 7.92. The largest absolute Gasteiger partial charge is 0.349 e. The van der Waals surface area contributed by atoms with E-state index in [0.717, 1.165) is 6.42 Å². The molecule has 0 heterocycles. The molecule has 0 aliphatic rings. The van der Waals surface area contributed by atoms with Gasteiger partial charge in [0.2, 0.25) is 0 Å². The lowest BCUT2D eigenvalue weighted by molar-refractivity contribution is -0.0770. The topological polar surface area (TPSA) is 29.1 Å². The number of rotatable bonds is 4. The second-order valence-corrected chi connectivity index (χ2v) is 1.74.